The van der Waals surface area contributed by atoms with E-state index in [0.29, 0.717) is 35.9 Å². The van der Waals surface area contributed by atoms with Crippen LogP contribution in [0.15, 0.2) is 0 Å². The van der Waals surface area contributed by atoms with E-state index in [1.165, 1.54) is 0 Å². The van der Waals surface area contributed by atoms with Crippen molar-refractivity contribution >= 4 is 9.84 Å². The van der Waals surface area contributed by atoms with Gasteiger partial charge in [-0.05, 0) is 31.2 Å². The van der Waals surface area contributed by atoms with Gasteiger partial charge in [0.1, 0.15) is 0 Å². The van der Waals surface area contributed by atoms with Gasteiger partial charge >= 0.3 is 0 Å². The minimum absolute atomic E-state index is 0.345. The van der Waals surface area contributed by atoms with E-state index < -0.39 is 9.84 Å². The number of rotatable bonds is 6. The molecule has 1 saturated heterocycles. The van der Waals surface area contributed by atoms with Gasteiger partial charge in [-0.2, -0.15) is 0 Å². The van der Waals surface area contributed by atoms with Gasteiger partial charge in [-0.1, -0.05) is 13.8 Å². The topological polar surface area (TPSA) is 72.2 Å². The molecule has 0 aromatic heterocycles. The summed E-state index contributed by atoms with van der Waals surface area (Å²) in [4.78, 5) is 0. The molecule has 0 bridgehead atoms. The van der Waals surface area contributed by atoms with Crippen LogP contribution in [0.2, 0.25) is 0 Å². The molecule has 1 aliphatic rings. The number of nitrogens with one attached hydrogen (secondary N) is 1. The van der Waals surface area contributed by atoms with Crippen LogP contribution in [0.4, 0.5) is 0 Å². The Morgan fingerprint density at radius 1 is 1.44 bits per heavy atom. The van der Waals surface area contributed by atoms with E-state index >= 15 is 0 Å². The second-order valence-corrected chi connectivity index (χ2v) is 7.33. The van der Waals surface area contributed by atoms with Gasteiger partial charge in [-0.3, -0.25) is 0 Å². The van der Waals surface area contributed by atoms with E-state index in [4.69, 9.17) is 5.73 Å². The first-order chi connectivity index (χ1) is 7.44. The van der Waals surface area contributed by atoms with Crippen LogP contribution >= 0.6 is 0 Å². The summed E-state index contributed by atoms with van der Waals surface area (Å²) < 4.78 is 22.5. The Balaban J connectivity index is 2.21. The molecule has 2 atom stereocenters. The third-order valence-corrected chi connectivity index (χ3v) is 5.18. The van der Waals surface area contributed by atoms with Crippen molar-refractivity contribution in [2.75, 3.05) is 24.6 Å². The van der Waals surface area contributed by atoms with E-state index in [0.717, 1.165) is 19.4 Å². The Labute approximate surface area is 98.9 Å². The monoisotopic (exact) mass is 248 g/mol. The zero-order valence-corrected chi connectivity index (χ0v) is 11.1. The lowest BCUT2D eigenvalue weighted by Gasteiger charge is -2.21. The molecule has 0 aromatic rings. The Bertz CT molecular complexity index is 301. The highest BCUT2D eigenvalue weighted by molar-refractivity contribution is 7.91. The maximum atomic E-state index is 11.3. The third-order valence-electron chi connectivity index (χ3n) is 3.34. The van der Waals surface area contributed by atoms with Crippen LogP contribution in [0.25, 0.3) is 0 Å². The van der Waals surface area contributed by atoms with Gasteiger partial charge in [-0.15, -0.1) is 0 Å². The van der Waals surface area contributed by atoms with E-state index in [1.807, 2.05) is 0 Å². The highest BCUT2D eigenvalue weighted by Crippen LogP contribution is 2.20. The second kappa shape index (κ2) is 5.98. The van der Waals surface area contributed by atoms with E-state index in [1.54, 1.807) is 0 Å². The van der Waals surface area contributed by atoms with Crippen LogP contribution < -0.4 is 11.1 Å². The summed E-state index contributed by atoms with van der Waals surface area (Å²) in [6.45, 7) is 5.80. The van der Waals surface area contributed by atoms with Crippen molar-refractivity contribution in [1.29, 1.82) is 0 Å². The van der Waals surface area contributed by atoms with Gasteiger partial charge in [0.15, 0.2) is 9.84 Å². The van der Waals surface area contributed by atoms with Crippen molar-refractivity contribution in [3.8, 4) is 0 Å². The summed E-state index contributed by atoms with van der Waals surface area (Å²) in [6, 6.07) is 0.345. The number of hydrogen-bond acceptors (Lipinski definition) is 4. The Hall–Kier alpha value is -0.130. The predicted octanol–water partition coefficient (Wildman–Crippen LogP) is 0.384. The second-order valence-electron chi connectivity index (χ2n) is 5.10. The smallest absolute Gasteiger partial charge is 0.150 e. The molecule has 1 heterocycles. The SMILES string of the molecule is CC(C)C(CN)NCCC1CCS(=O)(=O)C1. The summed E-state index contributed by atoms with van der Waals surface area (Å²) in [5, 5.41) is 3.40. The Kier molecular flexibility index (Phi) is 5.21. The molecule has 2 unspecified atom stereocenters. The van der Waals surface area contributed by atoms with Crippen molar-refractivity contribution in [1.82, 2.24) is 5.32 Å². The van der Waals surface area contributed by atoms with Crippen LogP contribution in [0.1, 0.15) is 26.7 Å². The van der Waals surface area contributed by atoms with Gasteiger partial charge in [-0.25, -0.2) is 8.42 Å². The number of hydrogen-bond donors (Lipinski definition) is 2. The molecule has 1 rings (SSSR count). The molecule has 3 N–H and O–H groups in total. The minimum atomic E-state index is -2.72. The third kappa shape index (κ3) is 4.39. The summed E-state index contributed by atoms with van der Waals surface area (Å²) in [5.74, 6) is 1.63. The molecule has 96 valence electrons. The van der Waals surface area contributed by atoms with Crippen molar-refractivity contribution < 1.29 is 8.42 Å². The van der Waals surface area contributed by atoms with Crippen molar-refractivity contribution in [2.24, 2.45) is 17.6 Å². The first-order valence-corrected chi connectivity index (χ1v) is 7.90. The van der Waals surface area contributed by atoms with Gasteiger partial charge in [0.25, 0.3) is 0 Å². The van der Waals surface area contributed by atoms with Gasteiger partial charge < -0.3 is 11.1 Å². The molecular formula is C11H24N2O2S. The van der Waals surface area contributed by atoms with E-state index in [2.05, 4.69) is 19.2 Å². The molecular weight excluding hydrogens is 224 g/mol. The predicted molar refractivity (Wildman–Crippen MR) is 67.1 cm³/mol. The molecule has 0 aromatic carbocycles. The standard InChI is InChI=1S/C11H24N2O2S/c1-9(2)11(7-12)13-5-3-10-4-6-16(14,15)8-10/h9-11,13H,3-8,12H2,1-2H3. The van der Waals surface area contributed by atoms with Crippen LogP contribution in [0.3, 0.4) is 0 Å². The highest BCUT2D eigenvalue weighted by atomic mass is 32.2. The molecule has 0 amide bonds. The van der Waals surface area contributed by atoms with Gasteiger partial charge in [0.05, 0.1) is 11.5 Å². The average molecular weight is 248 g/mol. The fraction of sp³-hybridized carbons (Fsp3) is 1.00. The van der Waals surface area contributed by atoms with E-state index in [-0.39, 0.29) is 0 Å². The molecule has 0 aliphatic carbocycles. The zero-order chi connectivity index (χ0) is 12.2. The fourth-order valence-corrected chi connectivity index (χ4v) is 4.07. The molecule has 5 heteroatoms. The molecule has 1 fully saturated rings. The molecule has 4 nitrogen and oxygen atoms in total. The van der Waals surface area contributed by atoms with Crippen molar-refractivity contribution in [2.45, 2.75) is 32.7 Å². The van der Waals surface area contributed by atoms with Gasteiger partial charge in [0.2, 0.25) is 0 Å². The first-order valence-electron chi connectivity index (χ1n) is 6.08. The fourth-order valence-electron chi connectivity index (χ4n) is 2.16. The first kappa shape index (κ1) is 13.9. The van der Waals surface area contributed by atoms with Gasteiger partial charge in [0, 0.05) is 12.6 Å². The van der Waals surface area contributed by atoms with Crippen LogP contribution in [-0.2, 0) is 9.84 Å². The van der Waals surface area contributed by atoms with Crippen molar-refractivity contribution in [3.05, 3.63) is 0 Å². The molecule has 0 spiro atoms. The summed E-state index contributed by atoms with van der Waals surface area (Å²) >= 11 is 0. The Morgan fingerprint density at radius 3 is 2.56 bits per heavy atom. The number of sulfone groups is 1. The maximum Gasteiger partial charge on any atom is 0.150 e. The average Bonchev–Trinajstić information content (AvgIpc) is 2.52. The molecule has 16 heavy (non-hydrogen) atoms. The van der Waals surface area contributed by atoms with Crippen LogP contribution in [-0.4, -0.2) is 39.1 Å². The van der Waals surface area contributed by atoms with E-state index in [9.17, 15) is 8.42 Å². The summed E-state index contributed by atoms with van der Waals surface area (Å²) in [7, 11) is -2.72. The normalized spacial score (nSPS) is 26.1. The summed E-state index contributed by atoms with van der Waals surface area (Å²) in [6.07, 6.45) is 1.78. The van der Waals surface area contributed by atoms with Crippen LogP contribution in [0.5, 0.6) is 0 Å². The minimum Gasteiger partial charge on any atom is -0.329 e. The highest BCUT2D eigenvalue weighted by Gasteiger charge is 2.27. The lowest BCUT2D eigenvalue weighted by atomic mass is 10.0. The lowest BCUT2D eigenvalue weighted by Crippen LogP contribution is -2.41. The quantitative estimate of drug-likeness (QED) is 0.713. The lowest BCUT2D eigenvalue weighted by molar-refractivity contribution is 0.386. The molecule has 1 aliphatic heterocycles. The number of nitrogens with two attached hydrogens (primary N) is 1. The van der Waals surface area contributed by atoms with Crippen LogP contribution in [0, 0.1) is 11.8 Å². The molecule has 0 radical (unpaired) electrons. The molecule has 0 saturated carbocycles. The van der Waals surface area contributed by atoms with Crippen molar-refractivity contribution in [3.63, 3.8) is 0 Å². The largest absolute Gasteiger partial charge is 0.329 e. The summed E-state index contributed by atoms with van der Waals surface area (Å²) in [5.41, 5.74) is 5.65. The zero-order valence-electron chi connectivity index (χ0n) is 10.3. The maximum absolute atomic E-state index is 11.3. The Morgan fingerprint density at radius 2 is 2.12 bits per heavy atom.